The molecule has 0 aliphatic carbocycles. The molecule has 1 atom stereocenters. The van der Waals surface area contributed by atoms with E-state index in [2.05, 4.69) is 15.6 Å². The van der Waals surface area contributed by atoms with Crippen LogP contribution in [0.2, 0.25) is 5.02 Å². The van der Waals surface area contributed by atoms with Crippen LogP contribution in [0.4, 0.5) is 5.00 Å². The number of nitrogens with one attached hydrogen (secondary N) is 2. The number of carbonyl (C=O) groups excluding carboxylic acids is 2. The van der Waals surface area contributed by atoms with Crippen LogP contribution in [0, 0.1) is 6.92 Å². The predicted molar refractivity (Wildman–Crippen MR) is 109 cm³/mol. The first kappa shape index (κ1) is 19.1. The molecule has 0 fully saturated rings. The standard InChI is InChI=1S/C20H18ClN3O2S/c1-12-11-17(24-19(25)14-7-3-4-8-15(14)21)27-18(12)20(26)23-13(2)16-9-5-6-10-22-16/h3-11,13H,1-2H3,(H,23,26)(H,24,25). The minimum Gasteiger partial charge on any atom is -0.343 e. The summed E-state index contributed by atoms with van der Waals surface area (Å²) >= 11 is 7.29. The fourth-order valence-electron chi connectivity index (χ4n) is 2.56. The molecule has 0 spiro atoms. The largest absolute Gasteiger partial charge is 0.343 e. The molecule has 1 unspecified atom stereocenters. The molecule has 2 heterocycles. The van der Waals surface area contributed by atoms with E-state index in [0.717, 1.165) is 11.3 Å². The van der Waals surface area contributed by atoms with Crippen molar-refractivity contribution in [2.45, 2.75) is 19.9 Å². The van der Waals surface area contributed by atoms with Crippen molar-refractivity contribution < 1.29 is 9.59 Å². The van der Waals surface area contributed by atoms with Crippen molar-refractivity contribution in [2.75, 3.05) is 5.32 Å². The molecular formula is C20H18ClN3O2S. The third-order valence-corrected chi connectivity index (χ3v) is 5.44. The van der Waals surface area contributed by atoms with Crippen molar-refractivity contribution in [3.63, 3.8) is 0 Å². The van der Waals surface area contributed by atoms with Gasteiger partial charge in [-0.15, -0.1) is 11.3 Å². The van der Waals surface area contributed by atoms with Crippen LogP contribution in [0.15, 0.2) is 54.7 Å². The Morgan fingerprint density at radius 2 is 1.85 bits per heavy atom. The molecule has 5 nitrogen and oxygen atoms in total. The molecule has 3 rings (SSSR count). The van der Waals surface area contributed by atoms with Gasteiger partial charge in [0, 0.05) is 6.20 Å². The first-order valence-corrected chi connectivity index (χ1v) is 9.53. The van der Waals surface area contributed by atoms with Gasteiger partial charge < -0.3 is 10.6 Å². The summed E-state index contributed by atoms with van der Waals surface area (Å²) < 4.78 is 0. The molecule has 1 aromatic carbocycles. The molecule has 0 saturated carbocycles. The first-order chi connectivity index (χ1) is 13.0. The van der Waals surface area contributed by atoms with Crippen LogP contribution in [0.25, 0.3) is 0 Å². The van der Waals surface area contributed by atoms with Crippen molar-refractivity contribution in [3.05, 3.63) is 81.4 Å². The van der Waals surface area contributed by atoms with Crippen LogP contribution >= 0.6 is 22.9 Å². The van der Waals surface area contributed by atoms with Gasteiger partial charge in [0.1, 0.15) is 0 Å². The number of aromatic nitrogens is 1. The summed E-state index contributed by atoms with van der Waals surface area (Å²) in [6.07, 6.45) is 1.69. The highest BCUT2D eigenvalue weighted by Gasteiger charge is 2.18. The van der Waals surface area contributed by atoms with Gasteiger partial charge in [-0.3, -0.25) is 14.6 Å². The van der Waals surface area contributed by atoms with E-state index in [1.54, 1.807) is 36.5 Å². The van der Waals surface area contributed by atoms with Gasteiger partial charge in [0.2, 0.25) is 0 Å². The molecule has 0 aliphatic rings. The summed E-state index contributed by atoms with van der Waals surface area (Å²) in [6.45, 7) is 3.71. The van der Waals surface area contributed by atoms with E-state index in [1.807, 2.05) is 32.0 Å². The lowest BCUT2D eigenvalue weighted by Gasteiger charge is -2.12. The van der Waals surface area contributed by atoms with Crippen LogP contribution in [0.5, 0.6) is 0 Å². The van der Waals surface area contributed by atoms with Gasteiger partial charge in [0.05, 0.1) is 32.2 Å². The maximum atomic E-state index is 12.6. The summed E-state index contributed by atoms with van der Waals surface area (Å²) in [5.74, 6) is -0.510. The molecule has 27 heavy (non-hydrogen) atoms. The van der Waals surface area contributed by atoms with Gasteiger partial charge in [0.25, 0.3) is 11.8 Å². The fourth-order valence-corrected chi connectivity index (χ4v) is 3.75. The molecule has 3 aromatic rings. The second-order valence-electron chi connectivity index (χ2n) is 6.01. The Hall–Kier alpha value is -2.70. The van der Waals surface area contributed by atoms with Gasteiger partial charge >= 0.3 is 0 Å². The fraction of sp³-hybridized carbons (Fsp3) is 0.150. The van der Waals surface area contributed by atoms with Crippen molar-refractivity contribution in [2.24, 2.45) is 0 Å². The summed E-state index contributed by atoms with van der Waals surface area (Å²) in [5, 5.41) is 6.71. The van der Waals surface area contributed by atoms with Crippen LogP contribution in [-0.4, -0.2) is 16.8 Å². The van der Waals surface area contributed by atoms with Crippen molar-refractivity contribution in [3.8, 4) is 0 Å². The van der Waals surface area contributed by atoms with E-state index in [1.165, 1.54) is 11.3 Å². The number of rotatable bonds is 5. The number of anilines is 1. The number of amides is 2. The van der Waals surface area contributed by atoms with E-state index < -0.39 is 0 Å². The highest BCUT2D eigenvalue weighted by Crippen LogP contribution is 2.28. The molecule has 2 N–H and O–H groups in total. The zero-order chi connectivity index (χ0) is 19.4. The van der Waals surface area contributed by atoms with Crippen LogP contribution in [0.1, 0.15) is 44.3 Å². The van der Waals surface area contributed by atoms with E-state index in [0.29, 0.717) is 20.5 Å². The predicted octanol–water partition coefficient (Wildman–Crippen LogP) is 4.85. The van der Waals surface area contributed by atoms with Gasteiger partial charge in [-0.1, -0.05) is 29.8 Å². The molecule has 2 amide bonds. The maximum absolute atomic E-state index is 12.6. The number of nitrogens with zero attached hydrogens (tertiary/aromatic N) is 1. The lowest BCUT2D eigenvalue weighted by atomic mass is 10.2. The molecule has 0 bridgehead atoms. The Balaban J connectivity index is 1.71. The van der Waals surface area contributed by atoms with E-state index >= 15 is 0 Å². The Bertz CT molecular complexity index is 972. The Kier molecular flexibility index (Phi) is 5.88. The molecule has 0 radical (unpaired) electrons. The number of hydrogen-bond acceptors (Lipinski definition) is 4. The number of carbonyl (C=O) groups is 2. The average Bonchev–Trinajstić information content (AvgIpc) is 3.03. The average molecular weight is 400 g/mol. The molecule has 7 heteroatoms. The highest BCUT2D eigenvalue weighted by molar-refractivity contribution is 7.18. The van der Waals surface area contributed by atoms with E-state index in [9.17, 15) is 9.59 Å². The molecule has 0 saturated heterocycles. The maximum Gasteiger partial charge on any atom is 0.262 e. The topological polar surface area (TPSA) is 71.1 Å². The van der Waals surface area contributed by atoms with Gasteiger partial charge in [0.15, 0.2) is 0 Å². The van der Waals surface area contributed by atoms with Crippen molar-refractivity contribution >= 4 is 39.8 Å². The first-order valence-electron chi connectivity index (χ1n) is 8.34. The Morgan fingerprint density at radius 3 is 2.56 bits per heavy atom. The highest BCUT2D eigenvalue weighted by atomic mass is 35.5. The minimum atomic E-state index is -0.310. The molecular weight excluding hydrogens is 382 g/mol. The number of benzene rings is 1. The lowest BCUT2D eigenvalue weighted by Crippen LogP contribution is -2.26. The summed E-state index contributed by atoms with van der Waals surface area (Å²) in [5.41, 5.74) is 1.97. The SMILES string of the molecule is Cc1cc(NC(=O)c2ccccc2Cl)sc1C(=O)NC(C)c1ccccn1. The zero-order valence-electron chi connectivity index (χ0n) is 14.8. The van der Waals surface area contributed by atoms with Gasteiger partial charge in [-0.25, -0.2) is 0 Å². The van der Waals surface area contributed by atoms with E-state index in [-0.39, 0.29) is 17.9 Å². The van der Waals surface area contributed by atoms with E-state index in [4.69, 9.17) is 11.6 Å². The summed E-state index contributed by atoms with van der Waals surface area (Å²) in [7, 11) is 0. The van der Waals surface area contributed by atoms with Crippen molar-refractivity contribution in [1.29, 1.82) is 0 Å². The second-order valence-corrected chi connectivity index (χ2v) is 7.47. The van der Waals surface area contributed by atoms with Crippen LogP contribution in [0.3, 0.4) is 0 Å². The normalized spacial score (nSPS) is 11.7. The molecule has 0 aliphatic heterocycles. The third kappa shape index (κ3) is 4.53. The number of pyridine rings is 1. The third-order valence-electron chi connectivity index (χ3n) is 3.96. The Morgan fingerprint density at radius 1 is 1.11 bits per heavy atom. The zero-order valence-corrected chi connectivity index (χ0v) is 16.4. The molecule has 2 aromatic heterocycles. The second kappa shape index (κ2) is 8.33. The minimum absolute atomic E-state index is 0.200. The number of aryl methyl sites for hydroxylation is 1. The van der Waals surface area contributed by atoms with Crippen LogP contribution < -0.4 is 10.6 Å². The smallest absolute Gasteiger partial charge is 0.262 e. The van der Waals surface area contributed by atoms with Crippen molar-refractivity contribution in [1.82, 2.24) is 10.3 Å². The number of halogens is 1. The number of hydrogen-bond donors (Lipinski definition) is 2. The van der Waals surface area contributed by atoms with Gasteiger partial charge in [-0.2, -0.15) is 0 Å². The van der Waals surface area contributed by atoms with Crippen LogP contribution in [-0.2, 0) is 0 Å². The Labute approximate surface area is 166 Å². The quantitative estimate of drug-likeness (QED) is 0.644. The van der Waals surface area contributed by atoms with Gasteiger partial charge in [-0.05, 0) is 49.7 Å². The summed E-state index contributed by atoms with van der Waals surface area (Å²) in [4.78, 5) is 29.8. The molecule has 138 valence electrons. The monoisotopic (exact) mass is 399 g/mol. The number of thiophene rings is 1. The summed E-state index contributed by atoms with van der Waals surface area (Å²) in [6, 6.07) is 14.0. The lowest BCUT2D eigenvalue weighted by molar-refractivity contribution is 0.0941.